The number of aliphatic hydroxyl groups excluding tert-OH is 1. The molecule has 5 atom stereocenters. The van der Waals surface area contributed by atoms with Crippen molar-refractivity contribution in [1.29, 1.82) is 0 Å². The van der Waals surface area contributed by atoms with Crippen molar-refractivity contribution >= 4 is 35.3 Å². The summed E-state index contributed by atoms with van der Waals surface area (Å²) in [6.07, 6.45) is 2.83. The van der Waals surface area contributed by atoms with Crippen LogP contribution < -0.4 is 10.6 Å². The Morgan fingerprint density at radius 1 is 1.12 bits per heavy atom. The topological polar surface area (TPSA) is 134 Å². The lowest BCUT2D eigenvalue weighted by atomic mass is 9.99. The van der Waals surface area contributed by atoms with E-state index in [1.807, 2.05) is 12.2 Å². The first-order chi connectivity index (χ1) is 15.8. The number of carbonyl (C=O) groups excluding carboxylic acids is 4. The zero-order valence-electron chi connectivity index (χ0n) is 17.6. The Morgan fingerprint density at radius 3 is 2.64 bits per heavy atom. The molecule has 1 unspecified atom stereocenters. The lowest BCUT2D eigenvalue weighted by Crippen LogP contribution is -2.65. The second-order valence-corrected chi connectivity index (χ2v) is 8.57. The maximum absolute atomic E-state index is 13.5. The third-order valence-electron chi connectivity index (χ3n) is 5.82. The van der Waals surface area contributed by atoms with Crippen molar-refractivity contribution in [3.05, 3.63) is 47.0 Å². The quantitative estimate of drug-likeness (QED) is 0.414. The van der Waals surface area contributed by atoms with Gasteiger partial charge >= 0.3 is 5.97 Å². The smallest absolute Gasteiger partial charge is 0.310 e. The lowest BCUT2D eigenvalue weighted by molar-refractivity contribution is -0.159. The van der Waals surface area contributed by atoms with E-state index >= 15 is 0 Å². The van der Waals surface area contributed by atoms with E-state index in [0.717, 1.165) is 0 Å². The number of halogens is 1. The summed E-state index contributed by atoms with van der Waals surface area (Å²) in [4.78, 5) is 52.1. The van der Waals surface area contributed by atoms with E-state index in [4.69, 9.17) is 16.3 Å². The van der Waals surface area contributed by atoms with Gasteiger partial charge in [-0.2, -0.15) is 0 Å². The molecule has 3 amide bonds. The molecular formula is C22H24ClN3O7. The number of hydrogen-bond acceptors (Lipinski definition) is 7. The summed E-state index contributed by atoms with van der Waals surface area (Å²) >= 11 is 5.97. The fraction of sp³-hybridized carbons (Fsp3) is 0.455. The molecule has 1 aromatic rings. The van der Waals surface area contributed by atoms with Gasteiger partial charge in [0.1, 0.15) is 18.1 Å². The Hall–Kier alpha value is -2.95. The van der Waals surface area contributed by atoms with Gasteiger partial charge in [-0.05, 0) is 31.0 Å². The van der Waals surface area contributed by atoms with Crippen molar-refractivity contribution in [1.82, 2.24) is 15.5 Å². The molecular weight excluding hydrogens is 454 g/mol. The van der Waals surface area contributed by atoms with Crippen molar-refractivity contribution in [2.24, 2.45) is 0 Å². The number of aliphatic hydroxyl groups is 1. The van der Waals surface area contributed by atoms with Crippen molar-refractivity contribution in [3.8, 4) is 0 Å². The normalized spacial score (nSPS) is 30.5. The number of cyclic esters (lactones) is 1. The lowest BCUT2D eigenvalue weighted by Gasteiger charge is -2.43. The summed E-state index contributed by atoms with van der Waals surface area (Å²) < 4.78 is 10.2. The molecule has 0 spiro atoms. The van der Waals surface area contributed by atoms with Gasteiger partial charge in [0, 0.05) is 10.6 Å². The molecule has 3 heterocycles. The Bertz CT molecular complexity index is 984. The van der Waals surface area contributed by atoms with Crippen LogP contribution in [0.5, 0.6) is 0 Å². The van der Waals surface area contributed by atoms with Gasteiger partial charge < -0.3 is 30.1 Å². The summed E-state index contributed by atoms with van der Waals surface area (Å²) in [7, 11) is 0. The van der Waals surface area contributed by atoms with Crippen LogP contribution in [-0.4, -0.2) is 77.4 Å². The molecule has 3 aliphatic heterocycles. The molecule has 2 saturated heterocycles. The van der Waals surface area contributed by atoms with E-state index in [1.165, 1.54) is 11.0 Å². The first-order valence-electron chi connectivity index (χ1n) is 10.6. The first-order valence-corrected chi connectivity index (χ1v) is 11.0. The van der Waals surface area contributed by atoms with Gasteiger partial charge in [-0.3, -0.25) is 19.2 Å². The number of benzene rings is 1. The highest BCUT2D eigenvalue weighted by atomic mass is 35.5. The van der Waals surface area contributed by atoms with Crippen LogP contribution in [-0.2, 0) is 23.9 Å². The third kappa shape index (κ3) is 5.18. The molecule has 3 aliphatic rings. The van der Waals surface area contributed by atoms with E-state index in [1.54, 1.807) is 18.2 Å². The van der Waals surface area contributed by atoms with Crippen LogP contribution in [0.2, 0.25) is 5.02 Å². The zero-order valence-corrected chi connectivity index (χ0v) is 18.4. The Kier molecular flexibility index (Phi) is 6.96. The Balaban J connectivity index is 1.52. The highest BCUT2D eigenvalue weighted by molar-refractivity contribution is 6.31. The number of nitrogens with zero attached hydrogens (tertiary/aromatic N) is 1. The standard InChI is InChI=1S/C22H24ClN3O7/c23-13-5-3-4-12(8-13)19(28)24-15-7-2-1-6-14-10-32-11-17(26(14)21(15)30)20(29)25-16-9-18(27)33-22(16)31/h1-5,8,14-17,22,31H,6-7,9-11H2,(H,24,28)(H,25,29)/b2-1-/t14-,15-,16-,17-,22?/m0/s1. The molecule has 0 saturated carbocycles. The number of nitrogens with one attached hydrogen (secondary N) is 2. The van der Waals surface area contributed by atoms with Gasteiger partial charge in [-0.25, -0.2) is 0 Å². The molecule has 33 heavy (non-hydrogen) atoms. The van der Waals surface area contributed by atoms with Crippen LogP contribution in [0.15, 0.2) is 36.4 Å². The number of ether oxygens (including phenoxy) is 2. The summed E-state index contributed by atoms with van der Waals surface area (Å²) in [6.45, 7) is 0.187. The number of rotatable bonds is 4. The number of amides is 3. The molecule has 11 heteroatoms. The first kappa shape index (κ1) is 23.2. The minimum Gasteiger partial charge on any atom is -0.434 e. The fourth-order valence-corrected chi connectivity index (χ4v) is 4.34. The number of fused-ring (bicyclic) bond motifs is 1. The molecule has 0 aromatic heterocycles. The minimum absolute atomic E-state index is 0.0512. The largest absolute Gasteiger partial charge is 0.434 e. The van der Waals surface area contributed by atoms with E-state index in [2.05, 4.69) is 15.4 Å². The van der Waals surface area contributed by atoms with Crippen LogP contribution in [0, 0.1) is 0 Å². The maximum Gasteiger partial charge on any atom is 0.310 e. The summed E-state index contributed by atoms with van der Waals surface area (Å²) in [6, 6.07) is 3.18. The summed E-state index contributed by atoms with van der Waals surface area (Å²) in [5, 5.41) is 15.5. The SMILES string of the molecule is O=C1C[C@H](NC(=O)[C@@H]2COC[C@@H]3C/C=C\C[C@H](NC(=O)c4cccc(Cl)c4)C(=O)N32)C(O)O1. The van der Waals surface area contributed by atoms with Crippen molar-refractivity contribution in [2.45, 2.75) is 49.7 Å². The van der Waals surface area contributed by atoms with Crippen LogP contribution in [0.3, 0.4) is 0 Å². The average Bonchev–Trinajstić information content (AvgIpc) is 3.10. The van der Waals surface area contributed by atoms with Crippen LogP contribution in [0.1, 0.15) is 29.6 Å². The van der Waals surface area contributed by atoms with E-state index in [0.29, 0.717) is 17.0 Å². The van der Waals surface area contributed by atoms with Gasteiger partial charge in [-0.1, -0.05) is 29.8 Å². The molecule has 176 valence electrons. The predicted molar refractivity (Wildman–Crippen MR) is 115 cm³/mol. The number of esters is 1. The summed E-state index contributed by atoms with van der Waals surface area (Å²) in [5.41, 5.74) is 0.314. The molecule has 1 aromatic carbocycles. The molecule has 0 radical (unpaired) electrons. The molecule has 10 nitrogen and oxygen atoms in total. The fourth-order valence-electron chi connectivity index (χ4n) is 4.15. The highest BCUT2D eigenvalue weighted by Gasteiger charge is 2.44. The molecule has 0 bridgehead atoms. The van der Waals surface area contributed by atoms with Crippen LogP contribution in [0.4, 0.5) is 0 Å². The average molecular weight is 478 g/mol. The van der Waals surface area contributed by atoms with Gasteiger partial charge in [0.25, 0.3) is 5.91 Å². The van der Waals surface area contributed by atoms with E-state index in [-0.39, 0.29) is 26.1 Å². The van der Waals surface area contributed by atoms with E-state index < -0.39 is 54.1 Å². The predicted octanol–water partition coefficient (Wildman–Crippen LogP) is 0.135. The van der Waals surface area contributed by atoms with Gasteiger partial charge in [-0.15, -0.1) is 0 Å². The second kappa shape index (κ2) is 9.90. The Labute approximate surface area is 194 Å². The second-order valence-electron chi connectivity index (χ2n) is 8.13. The number of carbonyl (C=O) groups is 4. The monoisotopic (exact) mass is 477 g/mol. The van der Waals surface area contributed by atoms with Crippen molar-refractivity contribution in [3.63, 3.8) is 0 Å². The molecule has 0 aliphatic carbocycles. The minimum atomic E-state index is -1.45. The van der Waals surface area contributed by atoms with E-state index in [9.17, 15) is 24.3 Å². The number of hydrogen-bond donors (Lipinski definition) is 3. The van der Waals surface area contributed by atoms with Crippen molar-refractivity contribution < 1.29 is 33.8 Å². The Morgan fingerprint density at radius 2 is 1.91 bits per heavy atom. The van der Waals surface area contributed by atoms with Gasteiger partial charge in [0.2, 0.25) is 18.1 Å². The van der Waals surface area contributed by atoms with Crippen LogP contribution >= 0.6 is 11.6 Å². The molecule has 4 rings (SSSR count). The van der Waals surface area contributed by atoms with Gasteiger partial charge in [0.05, 0.1) is 25.7 Å². The molecule has 3 N–H and O–H groups in total. The third-order valence-corrected chi connectivity index (χ3v) is 6.05. The van der Waals surface area contributed by atoms with Crippen molar-refractivity contribution in [2.75, 3.05) is 13.2 Å². The number of morpholine rings is 1. The van der Waals surface area contributed by atoms with Crippen LogP contribution in [0.25, 0.3) is 0 Å². The molecule has 2 fully saturated rings. The maximum atomic E-state index is 13.5. The zero-order chi connectivity index (χ0) is 23.5. The highest BCUT2D eigenvalue weighted by Crippen LogP contribution is 2.23. The summed E-state index contributed by atoms with van der Waals surface area (Å²) in [5.74, 6) is -2.07. The van der Waals surface area contributed by atoms with Gasteiger partial charge in [0.15, 0.2) is 0 Å².